The average Bonchev–Trinajstić information content (AvgIpc) is 2.92. The zero-order chi connectivity index (χ0) is 19.6. The highest BCUT2D eigenvalue weighted by Crippen LogP contribution is 2.68. The zero-order valence-corrected chi connectivity index (χ0v) is 16.9. The zero-order valence-electron chi connectivity index (χ0n) is 16.9. The van der Waals surface area contributed by atoms with Crippen LogP contribution in [0, 0.1) is 40.4 Å². The van der Waals surface area contributed by atoms with Gasteiger partial charge in [0.15, 0.2) is 0 Å². The molecule has 4 aliphatic rings. The average molecular weight is 379 g/mol. The monoisotopic (exact) mass is 378 g/mol. The number of hydrogen-bond acceptors (Lipinski definition) is 4. The van der Waals surface area contributed by atoms with Gasteiger partial charge in [0.2, 0.25) is 5.79 Å². The third-order valence-corrected chi connectivity index (χ3v) is 9.32. The molecule has 0 aromatic rings. The first-order valence-electron chi connectivity index (χ1n) is 10.7. The van der Waals surface area contributed by atoms with Gasteiger partial charge in [-0.3, -0.25) is 9.59 Å². The molecule has 4 saturated carbocycles. The molecule has 0 amide bonds. The Morgan fingerprint density at radius 3 is 2.30 bits per heavy atom. The van der Waals surface area contributed by atoms with Crippen LogP contribution in [0.15, 0.2) is 0 Å². The van der Waals surface area contributed by atoms with Crippen LogP contribution < -0.4 is 0 Å². The SMILES string of the molecule is CC(=O)OC1(O)CC[C@@]2(C)C(CC[C@H]3[C@@H]4CC[C@H](C(=O)O)[C@@]4(C)CC[C@@H]32)C1. The van der Waals surface area contributed by atoms with E-state index in [1.54, 1.807) is 0 Å². The number of carbonyl (C=O) groups excluding carboxylic acids is 1. The minimum absolute atomic E-state index is 0.0522. The Labute approximate surface area is 161 Å². The molecule has 0 bridgehead atoms. The number of carbonyl (C=O) groups is 2. The molecule has 0 aromatic heterocycles. The molecule has 0 saturated heterocycles. The molecule has 152 valence electrons. The Bertz CT molecular complexity index is 647. The second kappa shape index (κ2) is 6.20. The Morgan fingerprint density at radius 2 is 1.63 bits per heavy atom. The van der Waals surface area contributed by atoms with Gasteiger partial charge >= 0.3 is 11.9 Å². The summed E-state index contributed by atoms with van der Waals surface area (Å²) < 4.78 is 5.29. The first kappa shape index (κ1) is 19.2. The van der Waals surface area contributed by atoms with Crippen molar-refractivity contribution in [3.63, 3.8) is 0 Å². The first-order valence-corrected chi connectivity index (χ1v) is 10.7. The molecule has 4 aliphatic carbocycles. The van der Waals surface area contributed by atoms with Crippen molar-refractivity contribution in [1.29, 1.82) is 0 Å². The van der Waals surface area contributed by atoms with Crippen LogP contribution in [-0.4, -0.2) is 27.9 Å². The number of carboxylic acids is 1. The summed E-state index contributed by atoms with van der Waals surface area (Å²) in [6.07, 6.45) is 8.09. The molecular weight excluding hydrogens is 344 g/mol. The summed E-state index contributed by atoms with van der Waals surface area (Å²) in [6.45, 7) is 5.98. The van der Waals surface area contributed by atoms with Crippen molar-refractivity contribution < 1.29 is 24.5 Å². The maximum Gasteiger partial charge on any atom is 0.307 e. The fourth-order valence-corrected chi connectivity index (χ4v) is 7.98. The molecule has 2 N–H and O–H groups in total. The van der Waals surface area contributed by atoms with Crippen LogP contribution >= 0.6 is 0 Å². The Hall–Kier alpha value is -1.10. The predicted octanol–water partition coefficient (Wildman–Crippen LogP) is 3.98. The van der Waals surface area contributed by atoms with E-state index in [4.69, 9.17) is 4.74 Å². The van der Waals surface area contributed by atoms with Crippen LogP contribution in [0.4, 0.5) is 0 Å². The minimum atomic E-state index is -1.30. The van der Waals surface area contributed by atoms with Crippen LogP contribution in [0.5, 0.6) is 0 Å². The van der Waals surface area contributed by atoms with E-state index in [2.05, 4.69) is 13.8 Å². The molecule has 0 aromatic carbocycles. The molecule has 0 spiro atoms. The highest BCUT2D eigenvalue weighted by atomic mass is 16.7. The number of ether oxygens (including phenoxy) is 1. The summed E-state index contributed by atoms with van der Waals surface area (Å²) in [7, 11) is 0. The summed E-state index contributed by atoms with van der Waals surface area (Å²) in [5, 5.41) is 20.5. The van der Waals surface area contributed by atoms with Gasteiger partial charge in [-0.05, 0) is 79.4 Å². The van der Waals surface area contributed by atoms with Gasteiger partial charge < -0.3 is 14.9 Å². The summed E-state index contributed by atoms with van der Waals surface area (Å²) in [6, 6.07) is 0. The van der Waals surface area contributed by atoms with Crippen molar-refractivity contribution in [3.8, 4) is 0 Å². The molecule has 2 unspecified atom stereocenters. The molecule has 0 aliphatic heterocycles. The summed E-state index contributed by atoms with van der Waals surface area (Å²) in [5.41, 5.74) is 0.112. The third kappa shape index (κ3) is 2.83. The molecule has 8 atom stereocenters. The van der Waals surface area contributed by atoms with Gasteiger partial charge in [-0.15, -0.1) is 0 Å². The van der Waals surface area contributed by atoms with Gasteiger partial charge in [0.25, 0.3) is 0 Å². The molecule has 4 rings (SSSR count). The van der Waals surface area contributed by atoms with Gasteiger partial charge in [0, 0.05) is 19.8 Å². The molecule has 0 heterocycles. The molecule has 5 heteroatoms. The van der Waals surface area contributed by atoms with Crippen molar-refractivity contribution in [2.45, 2.75) is 84.3 Å². The van der Waals surface area contributed by atoms with E-state index in [-0.39, 0.29) is 16.7 Å². The van der Waals surface area contributed by atoms with Crippen LogP contribution in [0.25, 0.3) is 0 Å². The van der Waals surface area contributed by atoms with E-state index >= 15 is 0 Å². The lowest BCUT2D eigenvalue weighted by atomic mass is 9.44. The summed E-state index contributed by atoms with van der Waals surface area (Å²) in [4.78, 5) is 23.2. The normalized spacial score (nSPS) is 51.6. The molecule has 4 fully saturated rings. The van der Waals surface area contributed by atoms with Crippen molar-refractivity contribution in [2.75, 3.05) is 0 Å². The number of esters is 1. The fourth-order valence-electron chi connectivity index (χ4n) is 7.98. The molecular formula is C22H34O5. The highest BCUT2D eigenvalue weighted by Gasteiger charge is 2.62. The lowest BCUT2D eigenvalue weighted by Gasteiger charge is -2.61. The topological polar surface area (TPSA) is 83.8 Å². The second-order valence-electron chi connectivity index (χ2n) is 10.4. The van der Waals surface area contributed by atoms with E-state index in [0.717, 1.165) is 44.9 Å². The van der Waals surface area contributed by atoms with Crippen LogP contribution in [-0.2, 0) is 14.3 Å². The highest BCUT2D eigenvalue weighted by molar-refractivity contribution is 5.71. The van der Waals surface area contributed by atoms with Crippen molar-refractivity contribution in [3.05, 3.63) is 0 Å². The van der Waals surface area contributed by atoms with E-state index in [9.17, 15) is 19.8 Å². The number of aliphatic hydroxyl groups is 1. The maximum atomic E-state index is 11.8. The lowest BCUT2D eigenvalue weighted by molar-refractivity contribution is -0.249. The molecule has 0 radical (unpaired) electrons. The van der Waals surface area contributed by atoms with Crippen LogP contribution in [0.2, 0.25) is 0 Å². The van der Waals surface area contributed by atoms with Crippen molar-refractivity contribution in [2.24, 2.45) is 40.4 Å². The first-order chi connectivity index (χ1) is 12.6. The lowest BCUT2D eigenvalue weighted by Crippen LogP contribution is -2.56. The number of hydrogen-bond donors (Lipinski definition) is 2. The van der Waals surface area contributed by atoms with Crippen molar-refractivity contribution in [1.82, 2.24) is 0 Å². The number of aliphatic carboxylic acids is 1. The smallest absolute Gasteiger partial charge is 0.307 e. The Morgan fingerprint density at radius 1 is 0.926 bits per heavy atom. The van der Waals surface area contributed by atoms with Crippen LogP contribution in [0.3, 0.4) is 0 Å². The quantitative estimate of drug-likeness (QED) is 0.561. The largest absolute Gasteiger partial charge is 0.481 e. The van der Waals surface area contributed by atoms with E-state index < -0.39 is 17.7 Å². The Kier molecular flexibility index (Phi) is 4.41. The maximum absolute atomic E-state index is 11.8. The van der Waals surface area contributed by atoms with Gasteiger partial charge in [0.05, 0.1) is 5.92 Å². The number of fused-ring (bicyclic) bond motifs is 5. The van der Waals surface area contributed by atoms with Gasteiger partial charge in [-0.2, -0.15) is 0 Å². The van der Waals surface area contributed by atoms with E-state index in [1.807, 2.05) is 0 Å². The Balaban J connectivity index is 1.56. The predicted molar refractivity (Wildman–Crippen MR) is 99.6 cm³/mol. The number of rotatable bonds is 2. The van der Waals surface area contributed by atoms with E-state index in [1.165, 1.54) is 6.92 Å². The van der Waals surface area contributed by atoms with Gasteiger partial charge in [0.1, 0.15) is 0 Å². The second-order valence-corrected chi connectivity index (χ2v) is 10.4. The third-order valence-electron chi connectivity index (χ3n) is 9.32. The fraction of sp³-hybridized carbons (Fsp3) is 0.909. The van der Waals surface area contributed by atoms with Crippen molar-refractivity contribution >= 4 is 11.9 Å². The summed E-state index contributed by atoms with van der Waals surface area (Å²) >= 11 is 0. The summed E-state index contributed by atoms with van der Waals surface area (Å²) in [5.74, 6) is -0.403. The standard InChI is InChI=1S/C22H34O5/c1-13(23)27-22(26)11-10-20(2)14(12-22)4-5-15-16-6-7-18(19(24)25)21(16,3)9-8-17(15)20/h14-18,26H,4-12H2,1-3H3,(H,24,25)/t14?,15-,16-,17-,18+,20-,21-,22?/m0/s1. The number of carboxylic acid groups (broad SMARTS) is 1. The van der Waals surface area contributed by atoms with Crippen LogP contribution in [0.1, 0.15) is 78.6 Å². The van der Waals surface area contributed by atoms with Gasteiger partial charge in [-0.1, -0.05) is 13.8 Å². The molecule has 5 nitrogen and oxygen atoms in total. The minimum Gasteiger partial charge on any atom is -0.481 e. The van der Waals surface area contributed by atoms with E-state index in [0.29, 0.717) is 36.5 Å². The van der Waals surface area contributed by atoms with Gasteiger partial charge in [-0.25, -0.2) is 0 Å². The molecule has 27 heavy (non-hydrogen) atoms.